The van der Waals surface area contributed by atoms with Crippen LogP contribution >= 0.6 is 0 Å². The molecular weight excluding hydrogens is 459 g/mol. The number of aromatic nitrogens is 7. The SMILES string of the molecule is CC(C)Nc1cncc(-c2cnc3n[nH]c(-c4nc5c(N6CCN(C)CC6)nccc5[nH]4)c3c2F)c1. The van der Waals surface area contributed by atoms with Gasteiger partial charge in [-0.15, -0.1) is 0 Å². The Kier molecular flexibility index (Phi) is 5.48. The number of aromatic amines is 2. The van der Waals surface area contributed by atoms with Crippen LogP contribution in [0, 0.1) is 5.82 Å². The minimum absolute atomic E-state index is 0.228. The van der Waals surface area contributed by atoms with Crippen LogP contribution in [0.5, 0.6) is 0 Å². The van der Waals surface area contributed by atoms with Crippen LogP contribution in [0.1, 0.15) is 13.8 Å². The number of likely N-dealkylation sites (N-methyl/N-ethyl adjacent to an activating group) is 1. The van der Waals surface area contributed by atoms with E-state index in [1.165, 1.54) is 6.20 Å². The summed E-state index contributed by atoms with van der Waals surface area (Å²) in [6.07, 6.45) is 6.62. The summed E-state index contributed by atoms with van der Waals surface area (Å²) in [4.78, 5) is 26.0. The van der Waals surface area contributed by atoms with Crippen LogP contribution in [0.25, 0.3) is 44.7 Å². The van der Waals surface area contributed by atoms with E-state index in [4.69, 9.17) is 4.98 Å². The maximum atomic E-state index is 16.0. The molecule has 0 aliphatic carbocycles. The van der Waals surface area contributed by atoms with Crippen molar-refractivity contribution in [1.82, 2.24) is 40.0 Å². The molecule has 0 atom stereocenters. The van der Waals surface area contributed by atoms with Crippen molar-refractivity contribution >= 4 is 33.6 Å². The first-order valence-corrected chi connectivity index (χ1v) is 12.0. The fourth-order valence-corrected chi connectivity index (χ4v) is 4.61. The Labute approximate surface area is 207 Å². The van der Waals surface area contributed by atoms with Gasteiger partial charge in [-0.2, -0.15) is 5.10 Å². The normalized spacial score (nSPS) is 14.9. The van der Waals surface area contributed by atoms with Crippen LogP contribution in [0.3, 0.4) is 0 Å². The first kappa shape index (κ1) is 22.4. The van der Waals surface area contributed by atoms with Gasteiger partial charge in [0.05, 0.1) is 16.6 Å². The van der Waals surface area contributed by atoms with E-state index in [2.05, 4.69) is 52.3 Å². The molecule has 10 nitrogen and oxygen atoms in total. The third-order valence-corrected chi connectivity index (χ3v) is 6.44. The molecule has 1 saturated heterocycles. The largest absolute Gasteiger partial charge is 0.382 e. The molecule has 6 rings (SSSR count). The van der Waals surface area contributed by atoms with Crippen molar-refractivity contribution in [3.8, 4) is 22.6 Å². The zero-order chi connectivity index (χ0) is 24.8. The highest BCUT2D eigenvalue weighted by molar-refractivity contribution is 5.96. The van der Waals surface area contributed by atoms with Gasteiger partial charge in [0.15, 0.2) is 17.3 Å². The summed E-state index contributed by atoms with van der Waals surface area (Å²) in [6, 6.07) is 3.97. The molecule has 1 aliphatic heterocycles. The van der Waals surface area contributed by atoms with E-state index in [-0.39, 0.29) is 17.1 Å². The highest BCUT2D eigenvalue weighted by Gasteiger charge is 2.23. The van der Waals surface area contributed by atoms with Gasteiger partial charge in [0, 0.05) is 68.1 Å². The first-order chi connectivity index (χ1) is 17.5. The molecule has 5 aromatic heterocycles. The highest BCUT2D eigenvalue weighted by Crippen LogP contribution is 2.34. The maximum absolute atomic E-state index is 16.0. The molecule has 0 saturated carbocycles. The zero-order valence-electron chi connectivity index (χ0n) is 20.4. The number of rotatable bonds is 5. The van der Waals surface area contributed by atoms with Crippen LogP contribution in [-0.2, 0) is 0 Å². The Hall–Kier alpha value is -4.12. The second-order valence-corrected chi connectivity index (χ2v) is 9.45. The van der Waals surface area contributed by atoms with Gasteiger partial charge in [0.1, 0.15) is 17.0 Å². The predicted molar refractivity (Wildman–Crippen MR) is 138 cm³/mol. The summed E-state index contributed by atoms with van der Waals surface area (Å²) in [6.45, 7) is 7.75. The lowest BCUT2D eigenvalue weighted by Gasteiger charge is -2.33. The molecule has 6 heterocycles. The molecule has 0 amide bonds. The van der Waals surface area contributed by atoms with Gasteiger partial charge in [0.2, 0.25) is 0 Å². The zero-order valence-corrected chi connectivity index (χ0v) is 20.4. The first-order valence-electron chi connectivity index (χ1n) is 12.0. The number of imidazole rings is 1. The molecule has 0 radical (unpaired) electrons. The lowest BCUT2D eigenvalue weighted by Crippen LogP contribution is -2.44. The van der Waals surface area contributed by atoms with Crippen LogP contribution in [0.2, 0.25) is 0 Å². The molecule has 0 bridgehead atoms. The standard InChI is InChI=1S/C25H27FN10/c1-14(2)30-16-10-15(11-27-12-16)17-13-29-23-19(20(17)26)22(33-34-23)24-31-18-4-5-28-25(21(18)32-24)36-8-6-35(3)7-9-36/h4-5,10-14,30H,6-9H2,1-3H3,(H,31,32)(H,29,33,34). The number of pyridine rings is 3. The number of nitrogens with one attached hydrogen (secondary N) is 3. The third-order valence-electron chi connectivity index (χ3n) is 6.44. The van der Waals surface area contributed by atoms with Gasteiger partial charge in [-0.25, -0.2) is 19.3 Å². The molecule has 5 aromatic rings. The molecule has 1 fully saturated rings. The molecule has 0 spiro atoms. The maximum Gasteiger partial charge on any atom is 0.184 e. The van der Waals surface area contributed by atoms with E-state index < -0.39 is 5.82 Å². The molecule has 3 N–H and O–H groups in total. The number of hydrogen-bond acceptors (Lipinski definition) is 8. The van der Waals surface area contributed by atoms with Gasteiger partial charge in [-0.05, 0) is 33.0 Å². The van der Waals surface area contributed by atoms with E-state index >= 15 is 4.39 Å². The summed E-state index contributed by atoms with van der Waals surface area (Å²) < 4.78 is 16.0. The Morgan fingerprint density at radius 2 is 1.92 bits per heavy atom. The van der Waals surface area contributed by atoms with Gasteiger partial charge in [-0.1, -0.05) is 0 Å². The lowest BCUT2D eigenvalue weighted by atomic mass is 10.1. The molecular formula is C25H27FN10. The highest BCUT2D eigenvalue weighted by atomic mass is 19.1. The van der Waals surface area contributed by atoms with Crippen LogP contribution in [0.15, 0.2) is 36.9 Å². The third kappa shape index (κ3) is 3.91. The molecule has 11 heteroatoms. The number of hydrogen-bond donors (Lipinski definition) is 3. The fourth-order valence-electron chi connectivity index (χ4n) is 4.61. The van der Waals surface area contributed by atoms with Crippen LogP contribution in [-0.4, -0.2) is 79.3 Å². The molecule has 184 valence electrons. The van der Waals surface area contributed by atoms with Crippen molar-refractivity contribution in [2.75, 3.05) is 43.4 Å². The Morgan fingerprint density at radius 1 is 1.08 bits per heavy atom. The fraction of sp³-hybridized carbons (Fsp3) is 0.320. The number of nitrogens with zero attached hydrogens (tertiary/aromatic N) is 7. The molecule has 0 aromatic carbocycles. The topological polar surface area (TPSA) is 115 Å². The van der Waals surface area contributed by atoms with Crippen molar-refractivity contribution in [3.63, 3.8) is 0 Å². The summed E-state index contributed by atoms with van der Waals surface area (Å²) in [5.74, 6) is 0.888. The number of anilines is 2. The van der Waals surface area contributed by atoms with Crippen molar-refractivity contribution in [2.24, 2.45) is 0 Å². The molecule has 0 unspecified atom stereocenters. The van der Waals surface area contributed by atoms with Gasteiger partial charge in [-0.3, -0.25) is 10.1 Å². The monoisotopic (exact) mass is 486 g/mol. The second-order valence-electron chi connectivity index (χ2n) is 9.45. The number of piperazine rings is 1. The quantitative estimate of drug-likeness (QED) is 0.345. The second kappa shape index (κ2) is 8.83. The van der Waals surface area contributed by atoms with E-state index in [0.29, 0.717) is 22.6 Å². The van der Waals surface area contributed by atoms with Gasteiger partial charge < -0.3 is 20.1 Å². The van der Waals surface area contributed by atoms with Gasteiger partial charge in [0.25, 0.3) is 0 Å². The Bertz CT molecular complexity index is 1550. The van der Waals surface area contributed by atoms with Gasteiger partial charge >= 0.3 is 0 Å². The minimum Gasteiger partial charge on any atom is -0.382 e. The summed E-state index contributed by atoms with van der Waals surface area (Å²) in [7, 11) is 2.12. The number of halogens is 1. The smallest absolute Gasteiger partial charge is 0.184 e. The summed E-state index contributed by atoms with van der Waals surface area (Å²) >= 11 is 0. The van der Waals surface area contributed by atoms with Crippen molar-refractivity contribution in [1.29, 1.82) is 0 Å². The average Bonchev–Trinajstić information content (AvgIpc) is 3.49. The van der Waals surface area contributed by atoms with E-state index in [1.807, 2.05) is 26.0 Å². The average molecular weight is 487 g/mol. The van der Waals surface area contributed by atoms with E-state index in [1.54, 1.807) is 18.6 Å². The lowest BCUT2D eigenvalue weighted by molar-refractivity contribution is 0.312. The summed E-state index contributed by atoms with van der Waals surface area (Å²) in [5.41, 5.74) is 4.11. The predicted octanol–water partition coefficient (Wildman–Crippen LogP) is 3.67. The summed E-state index contributed by atoms with van der Waals surface area (Å²) in [5, 5.41) is 10.8. The van der Waals surface area contributed by atoms with Crippen LogP contribution in [0.4, 0.5) is 15.9 Å². The molecule has 1 aliphatic rings. The van der Waals surface area contributed by atoms with Crippen LogP contribution < -0.4 is 10.2 Å². The number of H-pyrrole nitrogens is 2. The van der Waals surface area contributed by atoms with E-state index in [0.717, 1.165) is 48.7 Å². The Morgan fingerprint density at radius 3 is 2.72 bits per heavy atom. The Balaban J connectivity index is 1.43. The van der Waals surface area contributed by atoms with Crippen molar-refractivity contribution in [2.45, 2.75) is 19.9 Å². The van der Waals surface area contributed by atoms with Crippen molar-refractivity contribution in [3.05, 3.63) is 42.7 Å². The molecule has 36 heavy (non-hydrogen) atoms. The van der Waals surface area contributed by atoms with E-state index in [9.17, 15) is 0 Å². The minimum atomic E-state index is -0.426. The van der Waals surface area contributed by atoms with Crippen molar-refractivity contribution < 1.29 is 4.39 Å². The number of fused-ring (bicyclic) bond motifs is 2.